The van der Waals surface area contributed by atoms with E-state index in [1.807, 2.05) is 30.5 Å². The van der Waals surface area contributed by atoms with Crippen molar-refractivity contribution in [3.63, 3.8) is 0 Å². The van der Waals surface area contributed by atoms with E-state index in [2.05, 4.69) is 14.9 Å². The number of carbonyl (C=O) groups is 1. The first-order valence-electron chi connectivity index (χ1n) is 10.6. The van der Waals surface area contributed by atoms with Crippen LogP contribution in [0.2, 0.25) is 0 Å². The van der Waals surface area contributed by atoms with Gasteiger partial charge in [0, 0.05) is 51.1 Å². The van der Waals surface area contributed by atoms with Gasteiger partial charge in [0.1, 0.15) is 0 Å². The summed E-state index contributed by atoms with van der Waals surface area (Å²) in [5.41, 5.74) is 4.54. The van der Waals surface area contributed by atoms with Crippen LogP contribution in [-0.4, -0.2) is 44.1 Å². The second-order valence-corrected chi connectivity index (χ2v) is 8.15. The number of aromatic amines is 1. The molecule has 30 heavy (non-hydrogen) atoms. The summed E-state index contributed by atoms with van der Waals surface area (Å²) in [5.74, 6) is 0.650. The molecule has 3 aromatic rings. The lowest BCUT2D eigenvalue weighted by molar-refractivity contribution is 0.0941. The normalized spacial score (nSPS) is 17.0. The van der Waals surface area contributed by atoms with Gasteiger partial charge in [-0.15, -0.1) is 0 Å². The molecular formula is C23H25N5O2. The number of para-hydroxylation sites is 1. The van der Waals surface area contributed by atoms with Gasteiger partial charge in [-0.2, -0.15) is 0 Å². The summed E-state index contributed by atoms with van der Waals surface area (Å²) in [6.45, 7) is 4.47. The van der Waals surface area contributed by atoms with Gasteiger partial charge in [-0.3, -0.25) is 24.0 Å². The zero-order valence-corrected chi connectivity index (χ0v) is 17.1. The molecular weight excluding hydrogens is 378 g/mol. The lowest BCUT2D eigenvalue weighted by Gasteiger charge is -2.27. The molecule has 0 spiro atoms. The number of H-pyrrole nitrogens is 1. The van der Waals surface area contributed by atoms with E-state index in [4.69, 9.17) is 4.98 Å². The average molecular weight is 403 g/mol. The van der Waals surface area contributed by atoms with Crippen LogP contribution in [0.3, 0.4) is 0 Å². The molecule has 2 aromatic heterocycles. The number of rotatable bonds is 3. The molecule has 0 aliphatic carbocycles. The Kier molecular flexibility index (Phi) is 4.83. The Morgan fingerprint density at radius 2 is 2.07 bits per heavy atom. The fourth-order valence-corrected chi connectivity index (χ4v) is 4.52. The summed E-state index contributed by atoms with van der Waals surface area (Å²) in [6, 6.07) is 7.96. The first kappa shape index (κ1) is 18.9. The van der Waals surface area contributed by atoms with E-state index in [1.165, 1.54) is 0 Å². The van der Waals surface area contributed by atoms with Crippen LogP contribution in [0.5, 0.6) is 0 Å². The number of hydrogen-bond acceptors (Lipinski definition) is 5. The van der Waals surface area contributed by atoms with Gasteiger partial charge in [0.15, 0.2) is 5.82 Å². The van der Waals surface area contributed by atoms with Crippen molar-refractivity contribution in [2.45, 2.75) is 45.7 Å². The Labute approximate surface area is 174 Å². The number of aromatic nitrogens is 3. The fraction of sp³-hybridized carbons (Fsp3) is 0.391. The van der Waals surface area contributed by atoms with Gasteiger partial charge in [-0.1, -0.05) is 18.2 Å². The van der Waals surface area contributed by atoms with Crippen LogP contribution < -0.4 is 5.56 Å². The second-order valence-electron chi connectivity index (χ2n) is 8.15. The van der Waals surface area contributed by atoms with Crippen molar-refractivity contribution in [3.05, 3.63) is 63.5 Å². The summed E-state index contributed by atoms with van der Waals surface area (Å²) in [5, 5.41) is 1.08. The standard InChI is InChI=1S/C23H25N5O2/c1-15(29)28-13-16(17-6-2-3-8-21(17)28)12-27-11-9-19-18(14-27)23(30)26-22(25-19)20-7-4-5-10-24-20/h2-3,6,8,13H,4-5,7,9-12,14H2,1H3,(H,25,26,30). The maximum atomic E-state index is 12.8. The number of fused-ring (bicyclic) bond motifs is 2. The third kappa shape index (κ3) is 3.39. The molecule has 0 bridgehead atoms. The summed E-state index contributed by atoms with van der Waals surface area (Å²) < 4.78 is 1.70. The van der Waals surface area contributed by atoms with E-state index in [1.54, 1.807) is 11.5 Å². The summed E-state index contributed by atoms with van der Waals surface area (Å²) >= 11 is 0. The van der Waals surface area contributed by atoms with Crippen molar-refractivity contribution < 1.29 is 4.79 Å². The van der Waals surface area contributed by atoms with E-state index in [9.17, 15) is 9.59 Å². The summed E-state index contributed by atoms with van der Waals surface area (Å²) in [7, 11) is 0. The Hall–Kier alpha value is -3.06. The van der Waals surface area contributed by atoms with Crippen molar-refractivity contribution in [2.75, 3.05) is 13.1 Å². The minimum atomic E-state index is -0.0564. The van der Waals surface area contributed by atoms with Gasteiger partial charge in [-0.25, -0.2) is 4.98 Å². The van der Waals surface area contributed by atoms with Gasteiger partial charge in [0.05, 0.1) is 22.5 Å². The molecule has 4 heterocycles. The highest BCUT2D eigenvalue weighted by atomic mass is 16.1. The average Bonchev–Trinajstić information content (AvgIpc) is 3.13. The molecule has 5 rings (SSSR count). The smallest absolute Gasteiger partial charge is 0.255 e. The predicted octanol–water partition coefficient (Wildman–Crippen LogP) is 2.92. The topological polar surface area (TPSA) is 83.3 Å². The molecule has 2 aliphatic heterocycles. The van der Waals surface area contributed by atoms with Gasteiger partial charge in [0.2, 0.25) is 5.91 Å². The van der Waals surface area contributed by atoms with E-state index in [0.717, 1.165) is 72.2 Å². The Morgan fingerprint density at radius 1 is 1.20 bits per heavy atom. The lowest BCUT2D eigenvalue weighted by atomic mass is 10.0. The van der Waals surface area contributed by atoms with Crippen molar-refractivity contribution >= 4 is 22.5 Å². The molecule has 0 amide bonds. The fourth-order valence-electron chi connectivity index (χ4n) is 4.52. The first-order valence-corrected chi connectivity index (χ1v) is 10.6. The molecule has 7 nitrogen and oxygen atoms in total. The molecule has 0 fully saturated rings. The molecule has 1 aromatic carbocycles. The van der Waals surface area contributed by atoms with Crippen molar-refractivity contribution in [2.24, 2.45) is 4.99 Å². The van der Waals surface area contributed by atoms with E-state index >= 15 is 0 Å². The molecule has 7 heteroatoms. The van der Waals surface area contributed by atoms with E-state index < -0.39 is 0 Å². The molecule has 2 aliphatic rings. The molecule has 0 atom stereocenters. The van der Waals surface area contributed by atoms with Crippen LogP contribution in [-0.2, 0) is 19.5 Å². The van der Waals surface area contributed by atoms with Crippen LogP contribution in [0.1, 0.15) is 53.6 Å². The highest BCUT2D eigenvalue weighted by Gasteiger charge is 2.24. The number of benzene rings is 1. The first-order chi connectivity index (χ1) is 14.6. The van der Waals surface area contributed by atoms with Crippen LogP contribution in [0, 0.1) is 0 Å². The van der Waals surface area contributed by atoms with Crippen LogP contribution in [0.25, 0.3) is 10.9 Å². The molecule has 0 radical (unpaired) electrons. The highest BCUT2D eigenvalue weighted by Crippen LogP contribution is 2.25. The van der Waals surface area contributed by atoms with Crippen LogP contribution in [0.15, 0.2) is 40.2 Å². The SMILES string of the molecule is CC(=O)n1cc(CN2CCc3nc(C4=NCCCC4)[nH]c(=O)c3C2)c2ccccc21. The van der Waals surface area contributed by atoms with Gasteiger partial charge in [-0.05, 0) is 30.9 Å². The highest BCUT2D eigenvalue weighted by molar-refractivity contribution is 5.97. The number of nitrogens with one attached hydrogen (secondary N) is 1. The van der Waals surface area contributed by atoms with Crippen LogP contribution >= 0.6 is 0 Å². The van der Waals surface area contributed by atoms with Crippen LogP contribution in [0.4, 0.5) is 0 Å². The van der Waals surface area contributed by atoms with Gasteiger partial charge >= 0.3 is 0 Å². The number of aliphatic imine (C=N–C) groups is 1. The third-order valence-electron chi connectivity index (χ3n) is 6.07. The lowest BCUT2D eigenvalue weighted by Crippen LogP contribution is -2.36. The Morgan fingerprint density at radius 3 is 2.87 bits per heavy atom. The third-order valence-corrected chi connectivity index (χ3v) is 6.07. The second kappa shape index (κ2) is 7.65. The predicted molar refractivity (Wildman–Crippen MR) is 116 cm³/mol. The van der Waals surface area contributed by atoms with Crippen molar-refractivity contribution in [1.29, 1.82) is 0 Å². The van der Waals surface area contributed by atoms with Crippen molar-refractivity contribution in [3.8, 4) is 0 Å². The molecule has 0 saturated heterocycles. The monoisotopic (exact) mass is 403 g/mol. The molecule has 0 saturated carbocycles. The largest absolute Gasteiger partial charge is 0.305 e. The molecule has 0 unspecified atom stereocenters. The van der Waals surface area contributed by atoms with Gasteiger partial charge < -0.3 is 4.98 Å². The maximum Gasteiger partial charge on any atom is 0.255 e. The zero-order chi connectivity index (χ0) is 20.7. The van der Waals surface area contributed by atoms with E-state index in [0.29, 0.717) is 18.9 Å². The van der Waals surface area contributed by atoms with Gasteiger partial charge in [0.25, 0.3) is 5.56 Å². The van der Waals surface area contributed by atoms with E-state index in [-0.39, 0.29) is 11.5 Å². The minimum Gasteiger partial charge on any atom is -0.305 e. The minimum absolute atomic E-state index is 0.000223. The summed E-state index contributed by atoms with van der Waals surface area (Å²) in [6.07, 6.45) is 5.75. The number of carbonyl (C=O) groups excluding carboxylic acids is 1. The molecule has 1 N–H and O–H groups in total. The number of nitrogens with zero attached hydrogens (tertiary/aromatic N) is 4. The number of hydrogen-bond donors (Lipinski definition) is 1. The Balaban J connectivity index is 1.42. The summed E-state index contributed by atoms with van der Waals surface area (Å²) in [4.78, 5) is 39.3. The quantitative estimate of drug-likeness (QED) is 0.729. The maximum absolute atomic E-state index is 12.8. The Bertz CT molecular complexity index is 1220. The van der Waals surface area contributed by atoms with Crippen molar-refractivity contribution in [1.82, 2.24) is 19.4 Å². The molecule has 154 valence electrons. The zero-order valence-electron chi connectivity index (χ0n) is 17.1.